The third kappa shape index (κ3) is 5.32. The van der Waals surface area contributed by atoms with Crippen molar-refractivity contribution in [3.63, 3.8) is 0 Å². The number of hydrogen-bond acceptors (Lipinski definition) is 6. The summed E-state index contributed by atoms with van der Waals surface area (Å²) in [7, 11) is 0. The Hall–Kier alpha value is -1.80. The fourth-order valence-electron chi connectivity index (χ4n) is 6.99. The molecule has 0 aromatic carbocycles. The Bertz CT molecular complexity index is 909. The molecule has 2 amide bonds. The van der Waals surface area contributed by atoms with Crippen molar-refractivity contribution >= 4 is 29.5 Å². The topological polar surface area (TPSA) is 87.1 Å². The predicted octanol–water partition coefficient (Wildman–Crippen LogP) is 4.59. The van der Waals surface area contributed by atoms with Gasteiger partial charge in [0.2, 0.25) is 11.8 Å². The normalized spacial score (nSPS) is 31.3. The molecule has 8 heteroatoms. The van der Waals surface area contributed by atoms with Crippen LogP contribution in [0.4, 0.5) is 0 Å². The molecule has 1 spiro atoms. The Labute approximate surface area is 233 Å². The van der Waals surface area contributed by atoms with Crippen LogP contribution in [0.1, 0.15) is 79.6 Å². The summed E-state index contributed by atoms with van der Waals surface area (Å²) >= 11 is 1.65. The summed E-state index contributed by atoms with van der Waals surface area (Å²) in [6.45, 7) is 18.2. The quantitative estimate of drug-likeness (QED) is 0.183. The van der Waals surface area contributed by atoms with Gasteiger partial charge in [0.1, 0.15) is 6.04 Å². The van der Waals surface area contributed by atoms with Crippen LogP contribution in [-0.2, 0) is 19.1 Å². The zero-order valence-electron chi connectivity index (χ0n) is 24.0. The second kappa shape index (κ2) is 12.6. The molecule has 3 aliphatic heterocycles. The number of likely N-dealkylation sites (tertiary alicyclic amines) is 1. The van der Waals surface area contributed by atoms with Crippen LogP contribution < -0.4 is 0 Å². The molecular formula is C30H48N2O5S. The average molecular weight is 549 g/mol. The monoisotopic (exact) mass is 548 g/mol. The molecule has 3 heterocycles. The summed E-state index contributed by atoms with van der Waals surface area (Å²) in [5.41, 5.74) is 0. The molecule has 3 unspecified atom stereocenters. The van der Waals surface area contributed by atoms with E-state index in [0.717, 1.165) is 38.5 Å². The summed E-state index contributed by atoms with van der Waals surface area (Å²) in [6.07, 6.45) is 9.30. The first-order valence-corrected chi connectivity index (χ1v) is 15.2. The highest BCUT2D eigenvalue weighted by molar-refractivity contribution is 8.02. The van der Waals surface area contributed by atoms with Crippen molar-refractivity contribution in [3.05, 3.63) is 25.3 Å². The van der Waals surface area contributed by atoms with Gasteiger partial charge in [0.15, 0.2) is 0 Å². The van der Waals surface area contributed by atoms with Crippen molar-refractivity contribution in [1.29, 1.82) is 0 Å². The number of hydrogen-bond donors (Lipinski definition) is 1. The average Bonchev–Trinajstić information content (AvgIpc) is 3.43. The van der Waals surface area contributed by atoms with Gasteiger partial charge in [0.05, 0.1) is 35.8 Å². The van der Waals surface area contributed by atoms with Crippen LogP contribution in [0.5, 0.6) is 0 Å². The van der Waals surface area contributed by atoms with E-state index in [1.807, 2.05) is 31.7 Å². The second-order valence-electron chi connectivity index (χ2n) is 11.8. The Morgan fingerprint density at radius 1 is 1.24 bits per heavy atom. The van der Waals surface area contributed by atoms with Crippen LogP contribution in [0.3, 0.4) is 0 Å². The molecule has 0 aromatic heterocycles. The van der Waals surface area contributed by atoms with Crippen molar-refractivity contribution in [3.8, 4) is 0 Å². The van der Waals surface area contributed by atoms with Gasteiger partial charge in [-0.15, -0.1) is 24.9 Å². The minimum Gasteiger partial charge on any atom is -0.465 e. The molecule has 38 heavy (non-hydrogen) atoms. The highest BCUT2D eigenvalue weighted by atomic mass is 32.2. The van der Waals surface area contributed by atoms with Crippen LogP contribution in [0, 0.1) is 17.8 Å². The molecule has 2 bridgehead atoms. The van der Waals surface area contributed by atoms with Crippen molar-refractivity contribution in [1.82, 2.24) is 9.80 Å². The lowest BCUT2D eigenvalue weighted by atomic mass is 9.66. The zero-order chi connectivity index (χ0) is 28.3. The van der Waals surface area contributed by atoms with E-state index in [9.17, 15) is 19.5 Å². The molecule has 214 valence electrons. The Balaban J connectivity index is 2.03. The number of aliphatic hydroxyl groups excluding tert-OH is 1. The van der Waals surface area contributed by atoms with Gasteiger partial charge in [0, 0.05) is 17.3 Å². The van der Waals surface area contributed by atoms with E-state index >= 15 is 0 Å². The van der Waals surface area contributed by atoms with E-state index in [1.165, 1.54) is 0 Å². The van der Waals surface area contributed by atoms with Gasteiger partial charge in [-0.1, -0.05) is 39.3 Å². The van der Waals surface area contributed by atoms with Crippen LogP contribution >= 0.6 is 11.8 Å². The minimum atomic E-state index is -0.740. The molecule has 0 radical (unpaired) electrons. The number of ether oxygens (including phenoxy) is 1. The van der Waals surface area contributed by atoms with E-state index in [0.29, 0.717) is 19.6 Å². The van der Waals surface area contributed by atoms with Gasteiger partial charge < -0.3 is 19.6 Å². The molecule has 0 aromatic rings. The number of allylic oxidation sites excluding steroid dienone is 1. The predicted molar refractivity (Wildman–Crippen MR) is 153 cm³/mol. The largest absolute Gasteiger partial charge is 0.465 e. The molecule has 3 fully saturated rings. The van der Waals surface area contributed by atoms with Crippen LogP contribution in [0.2, 0.25) is 0 Å². The van der Waals surface area contributed by atoms with E-state index in [2.05, 4.69) is 27.0 Å². The van der Waals surface area contributed by atoms with Gasteiger partial charge in [-0.3, -0.25) is 14.4 Å². The number of unbranched alkanes of at least 4 members (excludes halogenated alkanes) is 2. The van der Waals surface area contributed by atoms with Gasteiger partial charge in [-0.05, 0) is 58.3 Å². The maximum Gasteiger partial charge on any atom is 0.311 e. The number of carbonyl (C=O) groups is 3. The fourth-order valence-corrected chi connectivity index (χ4v) is 9.31. The molecule has 7 nitrogen and oxygen atoms in total. The van der Waals surface area contributed by atoms with Gasteiger partial charge in [0.25, 0.3) is 0 Å². The molecule has 3 aliphatic rings. The molecule has 3 saturated heterocycles. The summed E-state index contributed by atoms with van der Waals surface area (Å²) in [5.74, 6) is -1.93. The van der Waals surface area contributed by atoms with E-state index in [-0.39, 0.29) is 36.4 Å². The molecule has 3 rings (SSSR count). The van der Waals surface area contributed by atoms with Crippen LogP contribution in [-0.4, -0.2) is 80.1 Å². The van der Waals surface area contributed by atoms with Crippen molar-refractivity contribution < 1.29 is 24.2 Å². The summed E-state index contributed by atoms with van der Waals surface area (Å²) in [6, 6.07) is -1.26. The van der Waals surface area contributed by atoms with Gasteiger partial charge >= 0.3 is 5.97 Å². The summed E-state index contributed by atoms with van der Waals surface area (Å²) < 4.78 is 4.57. The first-order chi connectivity index (χ1) is 18.0. The number of fused-ring (bicyclic) bond motifs is 1. The lowest BCUT2D eigenvalue weighted by Gasteiger charge is -2.42. The van der Waals surface area contributed by atoms with Crippen molar-refractivity contribution in [2.24, 2.45) is 17.8 Å². The Morgan fingerprint density at radius 3 is 2.53 bits per heavy atom. The minimum absolute atomic E-state index is 0.0138. The van der Waals surface area contributed by atoms with Crippen molar-refractivity contribution in [2.75, 3.05) is 19.8 Å². The maximum atomic E-state index is 14.5. The lowest BCUT2D eigenvalue weighted by molar-refractivity contribution is -0.156. The highest BCUT2D eigenvalue weighted by Gasteiger charge is 2.78. The molecule has 0 saturated carbocycles. The number of amides is 2. The molecule has 1 N–H and O–H groups in total. The van der Waals surface area contributed by atoms with E-state index in [4.69, 9.17) is 4.74 Å². The Morgan fingerprint density at radius 2 is 1.95 bits per heavy atom. The third-order valence-corrected chi connectivity index (χ3v) is 10.9. The summed E-state index contributed by atoms with van der Waals surface area (Å²) in [5, 5.41) is 10.4. The first kappa shape index (κ1) is 30.7. The van der Waals surface area contributed by atoms with E-state index < -0.39 is 33.4 Å². The summed E-state index contributed by atoms with van der Waals surface area (Å²) in [4.78, 5) is 45.9. The molecule has 0 aliphatic carbocycles. The molecule has 7 atom stereocenters. The zero-order valence-corrected chi connectivity index (χ0v) is 24.8. The fraction of sp³-hybridized carbons (Fsp3) is 0.767. The number of esters is 1. The van der Waals surface area contributed by atoms with Crippen molar-refractivity contribution in [2.45, 2.75) is 107 Å². The maximum absolute atomic E-state index is 14.5. The number of aliphatic hydroxyl groups is 1. The Kier molecular flexibility index (Phi) is 10.2. The number of thioether (sulfide) groups is 1. The van der Waals surface area contributed by atoms with E-state index in [1.54, 1.807) is 22.7 Å². The lowest BCUT2D eigenvalue weighted by Crippen LogP contribution is -2.59. The first-order valence-electron chi connectivity index (χ1n) is 14.4. The molecular weight excluding hydrogens is 500 g/mol. The highest BCUT2D eigenvalue weighted by Crippen LogP contribution is 2.72. The van der Waals surface area contributed by atoms with Crippen LogP contribution in [0.25, 0.3) is 0 Å². The number of nitrogens with zero attached hydrogens (tertiary/aromatic N) is 2. The standard InChI is InChI=1S/C30H48N2O5S/c1-8-11-12-13-18-37-28(36)24-23-26(34)32(22(19-33)20(4)5)25(30(23)16-15-29(24,7)38-30)27(35)31(17-10-3)21(6)14-9-2/h8,10,20-25,33H,1,3,9,11-19H2,2,4-7H3/t21?,22-,23-,24-,25?,29+,30?/m0/s1. The second-order valence-corrected chi connectivity index (χ2v) is 13.7. The smallest absolute Gasteiger partial charge is 0.311 e. The van der Waals surface area contributed by atoms with Gasteiger partial charge in [-0.25, -0.2) is 0 Å². The third-order valence-electron chi connectivity index (χ3n) is 8.91. The van der Waals surface area contributed by atoms with Gasteiger partial charge in [-0.2, -0.15) is 0 Å². The number of rotatable bonds is 15. The SMILES string of the molecule is C=CCCCCOC(=O)[C@@H]1[C@H]2C(=O)N([C@@H](CO)C(C)C)C(C(=O)N(CC=C)C(C)CCC)C23CC[C@@]1(C)S3. The van der Waals surface area contributed by atoms with Crippen LogP contribution in [0.15, 0.2) is 25.3 Å². The number of carbonyl (C=O) groups excluding carboxylic acids is 3.